The van der Waals surface area contributed by atoms with Crippen LogP contribution in [0.15, 0.2) is 48.5 Å². The zero-order valence-corrected chi connectivity index (χ0v) is 17.8. The minimum Gasteiger partial charge on any atom is -0.376 e. The van der Waals surface area contributed by atoms with Gasteiger partial charge in [-0.15, -0.1) is 0 Å². The number of anilines is 2. The van der Waals surface area contributed by atoms with E-state index in [-0.39, 0.29) is 24.3 Å². The molecule has 7 nitrogen and oxygen atoms in total. The molecule has 0 saturated heterocycles. The van der Waals surface area contributed by atoms with E-state index in [9.17, 15) is 14.4 Å². The SMILES string of the molecule is CCCNC(=O)c1cccc(NCC(=O)Nc2ccc(CCC(=O)N(C)C)cc2)c1. The van der Waals surface area contributed by atoms with E-state index in [0.29, 0.717) is 36.3 Å². The van der Waals surface area contributed by atoms with Gasteiger partial charge in [0.25, 0.3) is 5.91 Å². The third-order valence-corrected chi connectivity index (χ3v) is 4.48. The van der Waals surface area contributed by atoms with Gasteiger partial charge in [-0.2, -0.15) is 0 Å². The van der Waals surface area contributed by atoms with E-state index < -0.39 is 0 Å². The Morgan fingerprint density at radius 2 is 1.70 bits per heavy atom. The van der Waals surface area contributed by atoms with Crippen LogP contribution < -0.4 is 16.0 Å². The summed E-state index contributed by atoms with van der Waals surface area (Å²) in [5.74, 6) is -0.228. The summed E-state index contributed by atoms with van der Waals surface area (Å²) in [4.78, 5) is 37.5. The molecule has 0 aromatic heterocycles. The quantitative estimate of drug-likeness (QED) is 0.562. The summed E-state index contributed by atoms with van der Waals surface area (Å²) in [5, 5.41) is 8.70. The number of aryl methyl sites for hydroxylation is 1. The first kappa shape index (κ1) is 22.9. The third-order valence-electron chi connectivity index (χ3n) is 4.48. The second-order valence-corrected chi connectivity index (χ2v) is 7.22. The van der Waals surface area contributed by atoms with Crippen LogP contribution in [0.25, 0.3) is 0 Å². The van der Waals surface area contributed by atoms with Crippen LogP contribution in [0.2, 0.25) is 0 Å². The molecule has 3 amide bonds. The number of amides is 3. The van der Waals surface area contributed by atoms with Gasteiger partial charge in [-0.1, -0.05) is 25.1 Å². The lowest BCUT2D eigenvalue weighted by Gasteiger charge is -2.11. The molecule has 0 spiro atoms. The molecule has 0 saturated carbocycles. The normalized spacial score (nSPS) is 10.2. The number of carbonyl (C=O) groups excluding carboxylic acids is 3. The lowest BCUT2D eigenvalue weighted by atomic mass is 10.1. The maximum atomic E-state index is 12.2. The van der Waals surface area contributed by atoms with Gasteiger partial charge in [-0.3, -0.25) is 14.4 Å². The summed E-state index contributed by atoms with van der Waals surface area (Å²) < 4.78 is 0. The van der Waals surface area contributed by atoms with Gasteiger partial charge in [0, 0.05) is 44.0 Å². The first-order valence-corrected chi connectivity index (χ1v) is 10.1. The van der Waals surface area contributed by atoms with Crippen molar-refractivity contribution >= 4 is 29.1 Å². The molecule has 0 bridgehead atoms. The molecule has 0 aliphatic heterocycles. The zero-order chi connectivity index (χ0) is 21.9. The predicted octanol–water partition coefficient (Wildman–Crippen LogP) is 2.90. The van der Waals surface area contributed by atoms with Gasteiger partial charge in [-0.05, 0) is 48.7 Å². The fourth-order valence-electron chi connectivity index (χ4n) is 2.73. The maximum Gasteiger partial charge on any atom is 0.251 e. The van der Waals surface area contributed by atoms with Gasteiger partial charge in [0.2, 0.25) is 11.8 Å². The van der Waals surface area contributed by atoms with Gasteiger partial charge in [0.05, 0.1) is 6.54 Å². The second-order valence-electron chi connectivity index (χ2n) is 7.22. The van der Waals surface area contributed by atoms with Gasteiger partial charge in [0.1, 0.15) is 0 Å². The molecule has 0 radical (unpaired) electrons. The molecular formula is C23H30N4O3. The Kier molecular flexibility index (Phi) is 8.87. The van der Waals surface area contributed by atoms with E-state index in [4.69, 9.17) is 0 Å². The average molecular weight is 411 g/mol. The van der Waals surface area contributed by atoms with Crippen molar-refractivity contribution in [2.24, 2.45) is 0 Å². The standard InChI is InChI=1S/C23H30N4O3/c1-4-14-24-23(30)18-6-5-7-20(15-18)25-16-21(28)26-19-11-8-17(9-12-19)10-13-22(29)27(2)3/h5-9,11-12,15,25H,4,10,13-14,16H2,1-3H3,(H,24,30)(H,26,28). The lowest BCUT2D eigenvalue weighted by Crippen LogP contribution is -2.24. The Labute approximate surface area is 177 Å². The second kappa shape index (κ2) is 11.6. The molecule has 30 heavy (non-hydrogen) atoms. The van der Waals surface area contributed by atoms with Crippen LogP contribution in [0.1, 0.15) is 35.7 Å². The number of hydrogen-bond acceptors (Lipinski definition) is 4. The number of benzene rings is 2. The number of nitrogens with one attached hydrogen (secondary N) is 3. The highest BCUT2D eigenvalue weighted by molar-refractivity contribution is 5.96. The van der Waals surface area contributed by atoms with Gasteiger partial charge < -0.3 is 20.9 Å². The molecule has 7 heteroatoms. The fourth-order valence-corrected chi connectivity index (χ4v) is 2.73. The van der Waals surface area contributed by atoms with Crippen LogP contribution in [0, 0.1) is 0 Å². The molecule has 0 fully saturated rings. The van der Waals surface area contributed by atoms with E-state index >= 15 is 0 Å². The van der Waals surface area contributed by atoms with Crippen LogP contribution in [0.3, 0.4) is 0 Å². The fraction of sp³-hybridized carbons (Fsp3) is 0.348. The van der Waals surface area contributed by atoms with Crippen molar-refractivity contribution in [3.63, 3.8) is 0 Å². The van der Waals surface area contributed by atoms with Crippen molar-refractivity contribution < 1.29 is 14.4 Å². The van der Waals surface area contributed by atoms with Crippen molar-refractivity contribution in [2.45, 2.75) is 26.2 Å². The highest BCUT2D eigenvalue weighted by Crippen LogP contribution is 2.13. The Bertz CT molecular complexity index is 863. The lowest BCUT2D eigenvalue weighted by molar-refractivity contribution is -0.128. The molecule has 3 N–H and O–H groups in total. The van der Waals surface area contributed by atoms with Gasteiger partial charge in [-0.25, -0.2) is 0 Å². The number of carbonyl (C=O) groups is 3. The zero-order valence-electron chi connectivity index (χ0n) is 17.8. The smallest absolute Gasteiger partial charge is 0.251 e. The van der Waals surface area contributed by atoms with E-state index in [1.807, 2.05) is 37.3 Å². The molecule has 160 valence electrons. The summed E-state index contributed by atoms with van der Waals surface area (Å²) in [7, 11) is 3.49. The highest BCUT2D eigenvalue weighted by Gasteiger charge is 2.08. The van der Waals surface area contributed by atoms with Crippen LogP contribution >= 0.6 is 0 Å². The highest BCUT2D eigenvalue weighted by atomic mass is 16.2. The third kappa shape index (κ3) is 7.58. The Morgan fingerprint density at radius 3 is 2.37 bits per heavy atom. The summed E-state index contributed by atoms with van der Waals surface area (Å²) in [6, 6.07) is 14.5. The van der Waals surface area contributed by atoms with Crippen molar-refractivity contribution in [3.8, 4) is 0 Å². The molecule has 2 aromatic rings. The number of rotatable bonds is 10. The van der Waals surface area contributed by atoms with Gasteiger partial charge >= 0.3 is 0 Å². The first-order valence-electron chi connectivity index (χ1n) is 10.1. The Balaban J connectivity index is 1.82. The van der Waals surface area contributed by atoms with Crippen molar-refractivity contribution in [1.82, 2.24) is 10.2 Å². The van der Waals surface area contributed by atoms with E-state index in [0.717, 1.165) is 12.0 Å². The average Bonchev–Trinajstić information content (AvgIpc) is 2.75. The van der Waals surface area contributed by atoms with Crippen LogP contribution in [-0.4, -0.2) is 49.8 Å². The van der Waals surface area contributed by atoms with E-state index in [1.54, 1.807) is 37.2 Å². The topological polar surface area (TPSA) is 90.5 Å². The van der Waals surface area contributed by atoms with E-state index in [2.05, 4.69) is 16.0 Å². The summed E-state index contributed by atoms with van der Waals surface area (Å²) in [6.45, 7) is 2.71. The van der Waals surface area contributed by atoms with Crippen molar-refractivity contribution in [2.75, 3.05) is 37.8 Å². The molecule has 0 unspecified atom stereocenters. The van der Waals surface area contributed by atoms with Crippen LogP contribution in [0.5, 0.6) is 0 Å². The molecule has 0 atom stereocenters. The van der Waals surface area contributed by atoms with Crippen LogP contribution in [-0.2, 0) is 16.0 Å². The monoisotopic (exact) mass is 410 g/mol. The van der Waals surface area contributed by atoms with E-state index in [1.165, 1.54) is 0 Å². The number of nitrogens with zero attached hydrogens (tertiary/aromatic N) is 1. The molecular weight excluding hydrogens is 380 g/mol. The largest absolute Gasteiger partial charge is 0.376 e. The Hall–Kier alpha value is -3.35. The summed E-state index contributed by atoms with van der Waals surface area (Å²) in [5.41, 5.74) is 2.99. The van der Waals surface area contributed by atoms with Gasteiger partial charge in [0.15, 0.2) is 0 Å². The van der Waals surface area contributed by atoms with Crippen LogP contribution in [0.4, 0.5) is 11.4 Å². The maximum absolute atomic E-state index is 12.2. The summed E-state index contributed by atoms with van der Waals surface area (Å²) in [6.07, 6.45) is 1.99. The first-order chi connectivity index (χ1) is 14.4. The molecule has 0 aliphatic rings. The molecule has 2 aromatic carbocycles. The predicted molar refractivity (Wildman–Crippen MR) is 120 cm³/mol. The molecule has 0 heterocycles. The van der Waals surface area contributed by atoms with Crippen molar-refractivity contribution in [1.29, 1.82) is 0 Å². The molecule has 2 rings (SSSR count). The van der Waals surface area contributed by atoms with Crippen molar-refractivity contribution in [3.05, 3.63) is 59.7 Å². The minimum atomic E-state index is -0.189. The summed E-state index contributed by atoms with van der Waals surface area (Å²) >= 11 is 0. The molecule has 0 aliphatic carbocycles. The minimum absolute atomic E-state index is 0.0825. The number of hydrogen-bond donors (Lipinski definition) is 3. The Morgan fingerprint density at radius 1 is 0.967 bits per heavy atom.